The van der Waals surface area contributed by atoms with Gasteiger partial charge in [-0.2, -0.15) is 0 Å². The zero-order valence-electron chi connectivity index (χ0n) is 19.8. The molecule has 34 heavy (non-hydrogen) atoms. The highest BCUT2D eigenvalue weighted by molar-refractivity contribution is 6.33. The number of nitrogen functional groups attached to an aromatic ring is 1. The molecule has 8 nitrogen and oxygen atoms in total. The molecule has 1 atom stereocenters. The van der Waals surface area contributed by atoms with Crippen LogP contribution in [-0.4, -0.2) is 48.0 Å². The van der Waals surface area contributed by atoms with Crippen molar-refractivity contribution in [2.24, 2.45) is 0 Å². The highest BCUT2D eigenvalue weighted by atomic mass is 35.5. The van der Waals surface area contributed by atoms with Gasteiger partial charge in [0.2, 0.25) is 5.95 Å². The van der Waals surface area contributed by atoms with Crippen molar-refractivity contribution in [2.45, 2.75) is 76.7 Å². The summed E-state index contributed by atoms with van der Waals surface area (Å²) in [6.45, 7) is 7.69. The molecular formula is C24H31ClFN5O3. The van der Waals surface area contributed by atoms with E-state index in [4.69, 9.17) is 27.2 Å². The fraction of sp³-hybridized carbons (Fsp3) is 0.542. The molecule has 0 bridgehead atoms. The Kier molecular flexibility index (Phi) is 6.58. The molecule has 1 saturated heterocycles. The minimum atomic E-state index is -1.22. The Morgan fingerprint density at radius 2 is 1.97 bits per heavy atom. The number of aliphatic hydroxyl groups excluding tert-OH is 1. The van der Waals surface area contributed by atoms with Crippen molar-refractivity contribution in [1.82, 2.24) is 19.5 Å². The molecule has 2 aromatic heterocycles. The summed E-state index contributed by atoms with van der Waals surface area (Å²) in [6.07, 6.45) is 5.66. The molecule has 1 aliphatic carbocycles. The van der Waals surface area contributed by atoms with E-state index in [2.05, 4.69) is 15.0 Å². The maximum atomic E-state index is 14.7. The van der Waals surface area contributed by atoms with Crippen LogP contribution in [0.5, 0.6) is 0 Å². The molecule has 4 N–H and O–H groups in total. The van der Waals surface area contributed by atoms with Gasteiger partial charge in [0, 0.05) is 11.6 Å². The van der Waals surface area contributed by atoms with Gasteiger partial charge in [0.05, 0.1) is 40.7 Å². The van der Waals surface area contributed by atoms with Gasteiger partial charge in [-0.05, 0) is 65.5 Å². The van der Waals surface area contributed by atoms with Gasteiger partial charge in [-0.25, -0.2) is 19.3 Å². The number of hydrogen-bond donors (Lipinski definition) is 3. The lowest BCUT2D eigenvalue weighted by atomic mass is 10.1. The van der Waals surface area contributed by atoms with Gasteiger partial charge < -0.3 is 25.3 Å². The smallest absolute Gasteiger partial charge is 0.220 e. The highest BCUT2D eigenvalue weighted by Crippen LogP contribution is 2.46. The summed E-state index contributed by atoms with van der Waals surface area (Å²) < 4.78 is 22.0. The molecule has 1 aromatic carbocycles. The number of aromatic nitrogens is 4. The van der Waals surface area contributed by atoms with Crippen LogP contribution >= 0.6 is 11.6 Å². The standard InChI is InChI=1S/C17H19ClFN5O.C7H12O2/c1-8(2)24-12-6-9(13-10(18)7-21-16(20)23-13)5-11(19)14(12)22-15(24)17(3,4)25;8-6-1-2-7(3-4-7)9-5-6/h5-8,25H,1-4H3,(H2,20,21,23);6,8H,1-5H2/t;6-/m.0/s1. The number of nitrogens with zero attached hydrogens (tertiary/aromatic N) is 4. The third kappa shape index (κ3) is 5.02. The van der Waals surface area contributed by atoms with E-state index in [9.17, 15) is 9.50 Å². The Morgan fingerprint density at radius 1 is 1.26 bits per heavy atom. The van der Waals surface area contributed by atoms with E-state index in [0.29, 0.717) is 29.2 Å². The fourth-order valence-electron chi connectivity index (χ4n) is 4.22. The number of aliphatic hydroxyl groups is 2. The molecule has 1 saturated carbocycles. The number of ether oxygens (including phenoxy) is 1. The van der Waals surface area contributed by atoms with Crippen LogP contribution in [0.4, 0.5) is 10.3 Å². The van der Waals surface area contributed by atoms with Crippen LogP contribution in [0.2, 0.25) is 5.02 Å². The number of halogens is 2. The summed E-state index contributed by atoms with van der Waals surface area (Å²) in [7, 11) is 0. The average Bonchev–Trinajstić information content (AvgIpc) is 3.39. The summed E-state index contributed by atoms with van der Waals surface area (Å²) in [4.78, 5) is 12.3. The monoisotopic (exact) mass is 491 g/mol. The lowest BCUT2D eigenvalue weighted by Gasteiger charge is -2.25. The van der Waals surface area contributed by atoms with Crippen LogP contribution in [0, 0.1) is 5.82 Å². The quantitative estimate of drug-likeness (QED) is 0.497. The first kappa shape index (κ1) is 24.8. The average molecular weight is 492 g/mol. The van der Waals surface area contributed by atoms with Crippen LogP contribution in [-0.2, 0) is 10.3 Å². The second-order valence-corrected chi connectivity index (χ2v) is 10.3. The maximum absolute atomic E-state index is 14.7. The normalized spacial score (nSPS) is 19.4. The minimum absolute atomic E-state index is 0.0352. The van der Waals surface area contributed by atoms with E-state index in [1.165, 1.54) is 25.1 Å². The molecule has 0 radical (unpaired) electrons. The van der Waals surface area contributed by atoms with Crippen LogP contribution in [0.25, 0.3) is 22.3 Å². The summed E-state index contributed by atoms with van der Waals surface area (Å²) in [6, 6.07) is 3.02. The summed E-state index contributed by atoms with van der Waals surface area (Å²) in [5, 5.41) is 19.7. The molecule has 10 heteroatoms. The predicted octanol–water partition coefficient (Wildman–Crippen LogP) is 4.37. The first-order valence-corrected chi connectivity index (χ1v) is 11.8. The Balaban J connectivity index is 0.000000252. The molecule has 2 fully saturated rings. The largest absolute Gasteiger partial charge is 0.391 e. The SMILES string of the molecule is CC(C)n1c(C(C)(C)O)nc2c(F)cc(-c3nc(N)ncc3Cl)cc21.O[C@H]1CCC2(CC2)OC1. The number of imidazole rings is 1. The second kappa shape index (κ2) is 9.03. The van der Waals surface area contributed by atoms with Gasteiger partial charge in [-0.3, -0.25) is 0 Å². The van der Waals surface area contributed by atoms with Crippen molar-refractivity contribution in [3.63, 3.8) is 0 Å². The van der Waals surface area contributed by atoms with Crippen molar-refractivity contribution in [3.05, 3.63) is 35.0 Å². The Labute approximate surface area is 202 Å². The van der Waals surface area contributed by atoms with E-state index in [1.54, 1.807) is 24.5 Å². The van der Waals surface area contributed by atoms with E-state index in [-0.39, 0.29) is 34.2 Å². The summed E-state index contributed by atoms with van der Waals surface area (Å²) >= 11 is 6.15. The van der Waals surface area contributed by atoms with Gasteiger partial charge in [0.1, 0.15) is 16.9 Å². The van der Waals surface area contributed by atoms with Crippen LogP contribution in [0.15, 0.2) is 18.3 Å². The van der Waals surface area contributed by atoms with Gasteiger partial charge in [0.15, 0.2) is 5.82 Å². The molecule has 1 aliphatic heterocycles. The third-order valence-electron chi connectivity index (χ3n) is 6.17. The maximum Gasteiger partial charge on any atom is 0.220 e. The molecular weight excluding hydrogens is 461 g/mol. The van der Waals surface area contributed by atoms with Crippen molar-refractivity contribution < 1.29 is 19.3 Å². The molecule has 0 amide bonds. The minimum Gasteiger partial charge on any atom is -0.391 e. The molecule has 2 aliphatic rings. The highest BCUT2D eigenvalue weighted by Gasteiger charge is 2.46. The lowest BCUT2D eigenvalue weighted by molar-refractivity contribution is -0.0698. The predicted molar refractivity (Wildman–Crippen MR) is 129 cm³/mol. The summed E-state index contributed by atoms with van der Waals surface area (Å²) in [5.41, 5.74) is 6.21. The number of rotatable bonds is 3. The topological polar surface area (TPSA) is 119 Å². The zero-order valence-corrected chi connectivity index (χ0v) is 20.6. The van der Waals surface area contributed by atoms with Gasteiger partial charge in [0.25, 0.3) is 0 Å². The molecule has 3 heterocycles. The lowest BCUT2D eigenvalue weighted by Crippen LogP contribution is -2.30. The zero-order chi connectivity index (χ0) is 24.8. The second-order valence-electron chi connectivity index (χ2n) is 9.90. The number of nitrogens with two attached hydrogens (primary N) is 1. The van der Waals surface area contributed by atoms with Crippen molar-refractivity contribution >= 4 is 28.6 Å². The van der Waals surface area contributed by atoms with Crippen LogP contribution < -0.4 is 5.73 Å². The van der Waals surface area contributed by atoms with Gasteiger partial charge in [-0.15, -0.1) is 0 Å². The first-order valence-electron chi connectivity index (χ1n) is 11.4. The van der Waals surface area contributed by atoms with Crippen molar-refractivity contribution in [2.75, 3.05) is 12.3 Å². The number of hydrogen-bond acceptors (Lipinski definition) is 7. The fourth-order valence-corrected chi connectivity index (χ4v) is 4.42. The van der Waals surface area contributed by atoms with Crippen molar-refractivity contribution in [3.8, 4) is 11.3 Å². The van der Waals surface area contributed by atoms with Crippen LogP contribution in [0.3, 0.4) is 0 Å². The van der Waals surface area contributed by atoms with Crippen molar-refractivity contribution in [1.29, 1.82) is 0 Å². The summed E-state index contributed by atoms with van der Waals surface area (Å²) in [5.74, 6) is -0.0815. The molecule has 1 spiro atoms. The van der Waals surface area contributed by atoms with Gasteiger partial charge in [-0.1, -0.05) is 11.6 Å². The van der Waals surface area contributed by atoms with Gasteiger partial charge >= 0.3 is 0 Å². The van der Waals surface area contributed by atoms with E-state index >= 15 is 0 Å². The van der Waals surface area contributed by atoms with E-state index < -0.39 is 11.4 Å². The molecule has 3 aromatic rings. The first-order chi connectivity index (χ1) is 15.9. The molecule has 184 valence electrons. The molecule has 5 rings (SSSR count). The number of fused-ring (bicyclic) bond motifs is 1. The Hall–Kier alpha value is -2.33. The third-order valence-corrected chi connectivity index (χ3v) is 6.45. The molecule has 0 unspecified atom stereocenters. The Morgan fingerprint density at radius 3 is 2.53 bits per heavy atom. The van der Waals surface area contributed by atoms with E-state index in [1.807, 2.05) is 13.8 Å². The Bertz CT molecular complexity index is 1190. The van der Waals surface area contributed by atoms with Crippen LogP contribution in [0.1, 0.15) is 65.2 Å². The number of benzene rings is 1. The number of anilines is 1. The van der Waals surface area contributed by atoms with E-state index in [0.717, 1.165) is 12.8 Å².